The summed E-state index contributed by atoms with van der Waals surface area (Å²) in [7, 11) is 0. The number of anilines is 1. The molecule has 0 spiro atoms. The van der Waals surface area contributed by atoms with Crippen molar-refractivity contribution in [3.05, 3.63) is 36.4 Å². The second kappa shape index (κ2) is 9.55. The molecule has 1 saturated heterocycles. The second-order valence-electron chi connectivity index (χ2n) is 9.04. The summed E-state index contributed by atoms with van der Waals surface area (Å²) in [6.07, 6.45) is 8.66. The molecular formula is C24H30N8O2. The SMILES string of the molecule is CC[C@@H]1CN(C(=O)CC#N)CC[C@H]1Nc1c(C(N)=O)cnn2cc(-c3cnn(C(C)C)c3)cc12. The highest BCUT2D eigenvalue weighted by atomic mass is 16.2. The van der Waals surface area contributed by atoms with Gasteiger partial charge < -0.3 is 16.0 Å². The van der Waals surface area contributed by atoms with E-state index in [9.17, 15) is 9.59 Å². The van der Waals surface area contributed by atoms with E-state index in [0.717, 1.165) is 23.1 Å². The summed E-state index contributed by atoms with van der Waals surface area (Å²) in [5.41, 5.74) is 9.32. The number of carbonyl (C=O) groups is 2. The standard InChI is InChI=1S/C24H30N8O2/c1-4-16-12-30(22(33)5-7-25)8-6-20(16)29-23-19(24(26)34)11-28-32-13-17(9-21(23)32)18-10-27-31(14-18)15(2)3/h9-11,13-16,20,29H,4-6,8,12H2,1-3H3,(H2,26,34)/t16-,20-/m1/s1. The van der Waals surface area contributed by atoms with Crippen LogP contribution in [0.15, 0.2) is 30.9 Å². The number of hydrogen-bond donors (Lipinski definition) is 2. The number of likely N-dealkylation sites (tertiary alicyclic amines) is 1. The largest absolute Gasteiger partial charge is 0.379 e. The zero-order valence-electron chi connectivity index (χ0n) is 19.7. The molecule has 1 aliphatic heterocycles. The molecule has 1 fully saturated rings. The van der Waals surface area contributed by atoms with Gasteiger partial charge in [0.05, 0.1) is 35.2 Å². The van der Waals surface area contributed by atoms with E-state index >= 15 is 0 Å². The van der Waals surface area contributed by atoms with Crippen LogP contribution in [0.1, 0.15) is 56.4 Å². The highest BCUT2D eigenvalue weighted by Crippen LogP contribution is 2.32. The number of rotatable bonds is 7. The number of nitrogens with one attached hydrogen (secondary N) is 1. The fourth-order valence-corrected chi connectivity index (χ4v) is 4.55. The molecule has 0 bridgehead atoms. The van der Waals surface area contributed by atoms with E-state index in [1.165, 1.54) is 6.20 Å². The Morgan fingerprint density at radius 1 is 1.26 bits per heavy atom. The number of hydrogen-bond acceptors (Lipinski definition) is 6. The highest BCUT2D eigenvalue weighted by Gasteiger charge is 2.31. The van der Waals surface area contributed by atoms with Gasteiger partial charge in [0.2, 0.25) is 5.91 Å². The van der Waals surface area contributed by atoms with E-state index in [1.54, 1.807) is 9.42 Å². The van der Waals surface area contributed by atoms with Crippen molar-refractivity contribution in [1.29, 1.82) is 5.26 Å². The fraction of sp³-hybridized carbons (Fsp3) is 0.458. The van der Waals surface area contributed by atoms with Crippen molar-refractivity contribution in [2.24, 2.45) is 11.7 Å². The number of nitrogens with zero attached hydrogens (tertiary/aromatic N) is 6. The fourth-order valence-electron chi connectivity index (χ4n) is 4.55. The summed E-state index contributed by atoms with van der Waals surface area (Å²) >= 11 is 0. The average Bonchev–Trinajstić information content (AvgIpc) is 3.47. The number of amides is 2. The molecule has 0 aliphatic carbocycles. The van der Waals surface area contributed by atoms with E-state index in [-0.39, 0.29) is 30.3 Å². The van der Waals surface area contributed by atoms with E-state index in [0.29, 0.717) is 30.8 Å². The maximum absolute atomic E-state index is 12.3. The van der Waals surface area contributed by atoms with Crippen LogP contribution in [-0.4, -0.2) is 55.2 Å². The van der Waals surface area contributed by atoms with E-state index < -0.39 is 5.91 Å². The van der Waals surface area contributed by atoms with E-state index in [1.807, 2.05) is 35.4 Å². The second-order valence-corrected chi connectivity index (χ2v) is 9.04. The van der Waals surface area contributed by atoms with Crippen molar-refractivity contribution >= 4 is 23.0 Å². The molecule has 10 nitrogen and oxygen atoms in total. The predicted molar refractivity (Wildman–Crippen MR) is 128 cm³/mol. The van der Waals surface area contributed by atoms with Gasteiger partial charge in [0.15, 0.2) is 0 Å². The number of primary amides is 1. The molecule has 3 aromatic rings. The van der Waals surface area contributed by atoms with Crippen LogP contribution in [-0.2, 0) is 4.79 Å². The highest BCUT2D eigenvalue weighted by molar-refractivity contribution is 6.02. The lowest BCUT2D eigenvalue weighted by molar-refractivity contribution is -0.132. The van der Waals surface area contributed by atoms with Crippen LogP contribution >= 0.6 is 0 Å². The molecule has 3 N–H and O–H groups in total. The molecule has 178 valence electrons. The Bertz CT molecular complexity index is 1250. The van der Waals surface area contributed by atoms with E-state index in [4.69, 9.17) is 11.0 Å². The van der Waals surface area contributed by atoms with Crippen LogP contribution in [0.25, 0.3) is 16.6 Å². The molecule has 0 saturated carbocycles. The summed E-state index contributed by atoms with van der Waals surface area (Å²) in [5, 5.41) is 21.3. The third kappa shape index (κ3) is 4.46. The third-order valence-corrected chi connectivity index (χ3v) is 6.54. The molecule has 4 rings (SSSR count). The van der Waals surface area contributed by atoms with Gasteiger partial charge in [-0.05, 0) is 38.7 Å². The number of piperidine rings is 1. The van der Waals surface area contributed by atoms with Gasteiger partial charge in [-0.15, -0.1) is 0 Å². The Morgan fingerprint density at radius 3 is 2.71 bits per heavy atom. The van der Waals surface area contributed by atoms with Crippen molar-refractivity contribution in [1.82, 2.24) is 24.3 Å². The number of nitriles is 1. The molecular weight excluding hydrogens is 432 g/mol. The van der Waals surface area contributed by atoms with Crippen LogP contribution in [0.3, 0.4) is 0 Å². The molecule has 0 radical (unpaired) electrons. The summed E-state index contributed by atoms with van der Waals surface area (Å²) in [4.78, 5) is 26.2. The maximum Gasteiger partial charge on any atom is 0.252 e. The zero-order valence-corrected chi connectivity index (χ0v) is 19.7. The van der Waals surface area contributed by atoms with Gasteiger partial charge in [0.25, 0.3) is 5.91 Å². The lowest BCUT2D eigenvalue weighted by atomic mass is 9.89. The summed E-state index contributed by atoms with van der Waals surface area (Å²) in [5.74, 6) is -0.520. The van der Waals surface area contributed by atoms with Gasteiger partial charge in [0.1, 0.15) is 6.42 Å². The maximum atomic E-state index is 12.3. The van der Waals surface area contributed by atoms with Crippen molar-refractivity contribution in [2.75, 3.05) is 18.4 Å². The number of aromatic nitrogens is 4. The normalized spacial score (nSPS) is 18.3. The smallest absolute Gasteiger partial charge is 0.252 e. The zero-order chi connectivity index (χ0) is 24.4. The molecule has 34 heavy (non-hydrogen) atoms. The van der Waals surface area contributed by atoms with Crippen molar-refractivity contribution in [3.8, 4) is 17.2 Å². The summed E-state index contributed by atoms with van der Waals surface area (Å²) in [6.45, 7) is 7.35. The molecule has 2 atom stereocenters. The summed E-state index contributed by atoms with van der Waals surface area (Å²) in [6, 6.07) is 4.21. The Hall–Kier alpha value is -3.87. The Labute approximate surface area is 198 Å². The molecule has 1 aliphatic rings. The van der Waals surface area contributed by atoms with E-state index in [2.05, 4.69) is 36.3 Å². The van der Waals surface area contributed by atoms with Crippen LogP contribution in [0.4, 0.5) is 5.69 Å². The van der Waals surface area contributed by atoms with Crippen LogP contribution in [0.5, 0.6) is 0 Å². The number of fused-ring (bicyclic) bond motifs is 1. The topological polar surface area (TPSA) is 134 Å². The summed E-state index contributed by atoms with van der Waals surface area (Å²) < 4.78 is 3.63. The van der Waals surface area contributed by atoms with Crippen LogP contribution in [0.2, 0.25) is 0 Å². The first kappa shape index (κ1) is 23.3. The number of carbonyl (C=O) groups excluding carboxylic acids is 2. The first-order chi connectivity index (χ1) is 16.3. The first-order valence-electron chi connectivity index (χ1n) is 11.6. The van der Waals surface area contributed by atoms with Crippen LogP contribution in [0, 0.1) is 17.2 Å². The quantitative estimate of drug-likeness (QED) is 0.554. The van der Waals surface area contributed by atoms with Crippen LogP contribution < -0.4 is 11.1 Å². The lowest BCUT2D eigenvalue weighted by Gasteiger charge is -2.39. The lowest BCUT2D eigenvalue weighted by Crippen LogP contribution is -2.48. The van der Waals surface area contributed by atoms with Gasteiger partial charge in [-0.2, -0.15) is 15.5 Å². The average molecular weight is 463 g/mol. The molecule has 0 aromatic carbocycles. The Kier molecular flexibility index (Phi) is 6.54. The first-order valence-corrected chi connectivity index (χ1v) is 11.6. The predicted octanol–water partition coefficient (Wildman–Crippen LogP) is 2.83. The Balaban J connectivity index is 1.67. The molecule has 0 unspecified atom stereocenters. The van der Waals surface area contributed by atoms with Crippen molar-refractivity contribution in [3.63, 3.8) is 0 Å². The third-order valence-electron chi connectivity index (χ3n) is 6.54. The molecule has 3 aromatic heterocycles. The van der Waals surface area contributed by atoms with Gasteiger partial charge in [-0.25, -0.2) is 4.52 Å². The minimum absolute atomic E-state index is 0.0440. The van der Waals surface area contributed by atoms with Gasteiger partial charge in [0, 0.05) is 48.7 Å². The number of nitrogens with two attached hydrogens (primary N) is 1. The van der Waals surface area contributed by atoms with Gasteiger partial charge in [-0.1, -0.05) is 6.92 Å². The Morgan fingerprint density at radius 2 is 2.06 bits per heavy atom. The van der Waals surface area contributed by atoms with Crippen molar-refractivity contribution in [2.45, 2.75) is 52.1 Å². The monoisotopic (exact) mass is 462 g/mol. The molecule has 4 heterocycles. The van der Waals surface area contributed by atoms with Crippen molar-refractivity contribution < 1.29 is 9.59 Å². The minimum atomic E-state index is -0.553. The molecule has 2 amide bonds. The molecule has 10 heteroatoms. The van der Waals surface area contributed by atoms with Gasteiger partial charge in [-0.3, -0.25) is 14.3 Å². The minimum Gasteiger partial charge on any atom is -0.379 e. The van der Waals surface area contributed by atoms with Gasteiger partial charge >= 0.3 is 0 Å².